The van der Waals surface area contributed by atoms with E-state index in [0.29, 0.717) is 5.56 Å². The Balaban J connectivity index is 1.66. The van der Waals surface area contributed by atoms with Crippen molar-refractivity contribution >= 4 is 34.0 Å². The minimum Gasteiger partial charge on any atom is -0.338 e. The van der Waals surface area contributed by atoms with Gasteiger partial charge < -0.3 is 4.90 Å². The zero-order valence-corrected chi connectivity index (χ0v) is 14.7. The topological polar surface area (TPSA) is 20.3 Å². The molecule has 4 rings (SSSR count). The second-order valence-electron chi connectivity index (χ2n) is 5.92. The summed E-state index contributed by atoms with van der Waals surface area (Å²) < 4.78 is 0. The maximum Gasteiger partial charge on any atom is 0.188 e. The molecule has 0 atom stereocenters. The van der Waals surface area contributed by atoms with Gasteiger partial charge in [-0.3, -0.25) is 4.79 Å². The quantitative estimate of drug-likeness (QED) is 0.460. The highest BCUT2D eigenvalue weighted by molar-refractivity contribution is 8.06. The summed E-state index contributed by atoms with van der Waals surface area (Å²) in [5.41, 5.74) is 3.01. The molecule has 0 spiro atoms. The van der Waals surface area contributed by atoms with Gasteiger partial charge in [0.15, 0.2) is 5.78 Å². The van der Waals surface area contributed by atoms with Crippen LogP contribution in [0.1, 0.15) is 15.9 Å². The molecular formula is C22H17NOS. The van der Waals surface area contributed by atoms with Gasteiger partial charge in [0.1, 0.15) is 0 Å². The van der Waals surface area contributed by atoms with Gasteiger partial charge in [-0.2, -0.15) is 0 Å². The van der Waals surface area contributed by atoms with Gasteiger partial charge in [-0.05, 0) is 10.8 Å². The van der Waals surface area contributed by atoms with Gasteiger partial charge in [-0.1, -0.05) is 84.6 Å². The summed E-state index contributed by atoms with van der Waals surface area (Å²) in [6.45, 7) is 0. The van der Waals surface area contributed by atoms with Crippen LogP contribution in [0.5, 0.6) is 0 Å². The molecule has 3 heteroatoms. The molecule has 3 aromatic carbocycles. The molecule has 0 bridgehead atoms. The van der Waals surface area contributed by atoms with Crippen molar-refractivity contribution in [2.24, 2.45) is 0 Å². The number of allylic oxidation sites excluding steroid dienone is 1. The Hall–Kier alpha value is -2.78. The van der Waals surface area contributed by atoms with Crippen molar-refractivity contribution < 1.29 is 4.79 Å². The van der Waals surface area contributed by atoms with E-state index in [4.69, 9.17) is 0 Å². The van der Waals surface area contributed by atoms with Crippen LogP contribution >= 0.6 is 11.8 Å². The second-order valence-corrected chi connectivity index (χ2v) is 6.81. The zero-order valence-electron chi connectivity index (χ0n) is 13.8. The number of thioether (sulfide) groups is 1. The molecule has 1 aliphatic heterocycles. The summed E-state index contributed by atoms with van der Waals surface area (Å²) in [5, 5.41) is 5.50. The van der Waals surface area contributed by atoms with Crippen molar-refractivity contribution in [1.29, 1.82) is 0 Å². The lowest BCUT2D eigenvalue weighted by Gasteiger charge is -2.19. The normalized spacial score (nSPS) is 15.6. The average molecular weight is 343 g/mol. The monoisotopic (exact) mass is 343 g/mol. The van der Waals surface area contributed by atoms with E-state index in [9.17, 15) is 4.79 Å². The summed E-state index contributed by atoms with van der Waals surface area (Å²) in [6.07, 6.45) is 1.72. The van der Waals surface area contributed by atoms with Crippen LogP contribution in [0.15, 0.2) is 89.3 Å². The van der Waals surface area contributed by atoms with Crippen LogP contribution in [0, 0.1) is 0 Å². The summed E-state index contributed by atoms with van der Waals surface area (Å²) in [4.78, 5) is 14.6. The number of carbonyl (C=O) groups is 1. The van der Waals surface area contributed by atoms with E-state index < -0.39 is 0 Å². The van der Waals surface area contributed by atoms with Crippen LogP contribution in [0.4, 0.5) is 0 Å². The fourth-order valence-corrected chi connectivity index (χ4v) is 3.96. The van der Waals surface area contributed by atoms with E-state index in [1.807, 2.05) is 37.4 Å². The molecule has 0 saturated heterocycles. The first kappa shape index (κ1) is 15.7. The number of nitrogens with zero attached hydrogens (tertiary/aromatic N) is 1. The van der Waals surface area contributed by atoms with Crippen LogP contribution in [0.25, 0.3) is 16.5 Å². The molecule has 1 aliphatic rings. The van der Waals surface area contributed by atoms with Gasteiger partial charge in [0.25, 0.3) is 0 Å². The Morgan fingerprint density at radius 3 is 2.48 bits per heavy atom. The van der Waals surface area contributed by atoms with Crippen molar-refractivity contribution in [2.75, 3.05) is 7.05 Å². The molecule has 0 unspecified atom stereocenters. The maximum atomic E-state index is 12.5. The van der Waals surface area contributed by atoms with E-state index in [0.717, 1.165) is 10.7 Å². The van der Waals surface area contributed by atoms with E-state index >= 15 is 0 Å². The number of hydrogen-bond donors (Lipinski definition) is 0. The Morgan fingerprint density at radius 2 is 1.64 bits per heavy atom. The Bertz CT molecular complexity index is 999. The van der Waals surface area contributed by atoms with Crippen molar-refractivity contribution in [3.05, 3.63) is 100 Å². The molecule has 1 heterocycles. The van der Waals surface area contributed by atoms with E-state index in [-0.39, 0.29) is 5.78 Å². The highest BCUT2D eigenvalue weighted by Gasteiger charge is 2.21. The van der Waals surface area contributed by atoms with Crippen LogP contribution < -0.4 is 0 Å². The van der Waals surface area contributed by atoms with Crippen LogP contribution in [0.3, 0.4) is 0 Å². The van der Waals surface area contributed by atoms with Crippen LogP contribution in [-0.2, 0) is 0 Å². The molecule has 0 fully saturated rings. The van der Waals surface area contributed by atoms with Crippen LogP contribution in [-0.4, -0.2) is 17.7 Å². The third-order valence-electron chi connectivity index (χ3n) is 4.36. The minimum atomic E-state index is 0.0301. The molecule has 122 valence electrons. The Kier molecular flexibility index (Phi) is 4.16. The molecule has 0 amide bonds. The van der Waals surface area contributed by atoms with Gasteiger partial charge >= 0.3 is 0 Å². The van der Waals surface area contributed by atoms with Crippen molar-refractivity contribution in [2.45, 2.75) is 0 Å². The highest BCUT2D eigenvalue weighted by atomic mass is 32.2. The fourth-order valence-electron chi connectivity index (χ4n) is 3.01. The first-order valence-corrected chi connectivity index (χ1v) is 9.02. The van der Waals surface area contributed by atoms with Crippen molar-refractivity contribution in [3.63, 3.8) is 0 Å². The fraction of sp³-hybridized carbons (Fsp3) is 0.0455. The third kappa shape index (κ3) is 2.99. The summed E-state index contributed by atoms with van der Waals surface area (Å²) in [7, 11) is 2.01. The molecule has 2 nitrogen and oxygen atoms in total. The van der Waals surface area contributed by atoms with E-state index in [2.05, 4.69) is 52.8 Å². The number of fused-ring (bicyclic) bond motifs is 1. The van der Waals surface area contributed by atoms with Gasteiger partial charge in [-0.15, -0.1) is 0 Å². The molecule has 25 heavy (non-hydrogen) atoms. The van der Waals surface area contributed by atoms with Crippen LogP contribution in [0.2, 0.25) is 0 Å². The van der Waals surface area contributed by atoms with Crippen molar-refractivity contribution in [3.8, 4) is 0 Å². The second kappa shape index (κ2) is 6.61. The molecule has 0 aromatic heterocycles. The van der Waals surface area contributed by atoms with Crippen molar-refractivity contribution in [1.82, 2.24) is 4.90 Å². The largest absolute Gasteiger partial charge is 0.338 e. The molecule has 0 saturated carbocycles. The molecule has 0 radical (unpaired) electrons. The lowest BCUT2D eigenvalue weighted by atomic mass is 10.0. The Labute approximate surface area is 151 Å². The number of rotatable bonds is 3. The highest BCUT2D eigenvalue weighted by Crippen LogP contribution is 2.40. The lowest BCUT2D eigenvalue weighted by Crippen LogP contribution is -2.11. The molecule has 3 aromatic rings. The zero-order chi connectivity index (χ0) is 17.2. The average Bonchev–Trinajstić information content (AvgIpc) is 3.02. The van der Waals surface area contributed by atoms with E-state index in [1.54, 1.807) is 17.8 Å². The smallest absolute Gasteiger partial charge is 0.188 e. The maximum absolute atomic E-state index is 12.5. The summed E-state index contributed by atoms with van der Waals surface area (Å²) >= 11 is 1.59. The predicted molar refractivity (Wildman–Crippen MR) is 106 cm³/mol. The lowest BCUT2D eigenvalue weighted by molar-refractivity contribution is 0.104. The van der Waals surface area contributed by atoms with Gasteiger partial charge in [0.05, 0.1) is 10.7 Å². The minimum absolute atomic E-state index is 0.0301. The Morgan fingerprint density at radius 1 is 0.920 bits per heavy atom. The number of ketones is 1. The number of hydrogen-bond acceptors (Lipinski definition) is 3. The summed E-state index contributed by atoms with van der Waals surface area (Å²) in [6, 6.07) is 24.1. The molecule has 0 aliphatic carbocycles. The summed E-state index contributed by atoms with van der Waals surface area (Å²) in [5.74, 6) is 0.0301. The first-order chi connectivity index (χ1) is 12.2. The first-order valence-electron chi connectivity index (χ1n) is 8.14. The van der Waals surface area contributed by atoms with Gasteiger partial charge in [0.2, 0.25) is 0 Å². The third-order valence-corrected chi connectivity index (χ3v) is 5.34. The predicted octanol–water partition coefficient (Wildman–Crippen LogP) is 5.54. The standard InChI is InChI=1S/C22H17NOS/c1-23-20(19-13-7-11-16-8-5-6-12-18(16)19)15-25-22(23)14-21(24)17-9-3-2-4-10-17/h2-15H,1H3. The van der Waals surface area contributed by atoms with E-state index in [1.165, 1.54) is 16.3 Å². The number of benzene rings is 3. The SMILES string of the molecule is CN1C(=CC(=O)c2ccccc2)SC=C1c1cccc2ccccc12. The molecular weight excluding hydrogens is 326 g/mol. The van der Waals surface area contributed by atoms with Gasteiger partial charge in [0, 0.05) is 29.7 Å². The van der Waals surface area contributed by atoms with Gasteiger partial charge in [-0.25, -0.2) is 0 Å². The molecule has 0 N–H and O–H groups in total. The number of carbonyl (C=O) groups excluding carboxylic acids is 1.